The molecule has 0 aromatic heterocycles. The Bertz CT molecular complexity index is 114. The number of hydrogen-bond donors (Lipinski definition) is 2. The second-order valence-corrected chi connectivity index (χ2v) is 2.58. The van der Waals surface area contributed by atoms with Crippen LogP contribution in [-0.2, 0) is 9.59 Å². The number of amides is 1. The third kappa shape index (κ3) is 102. The molecule has 0 saturated carbocycles. The molecule has 78 valence electrons. The van der Waals surface area contributed by atoms with Crippen LogP contribution >= 0.6 is 0 Å². The quantitative estimate of drug-likeness (QED) is 0.516. The number of hydrogen-bond acceptors (Lipinski definition) is 2. The van der Waals surface area contributed by atoms with Gasteiger partial charge < -0.3 is 15.2 Å². The minimum atomic E-state index is -1.07. The van der Waals surface area contributed by atoms with Gasteiger partial charge in [0.15, 0.2) is 0 Å². The predicted octanol–water partition coefficient (Wildman–Crippen LogP) is 0.390. The number of aliphatic carboxylic acids is 1. The molecule has 0 bridgehead atoms. The topological polar surface area (TPSA) is 66.4 Å². The van der Waals surface area contributed by atoms with Crippen LogP contribution in [0.1, 0.15) is 20.8 Å². The fourth-order valence-electron chi connectivity index (χ4n) is 0.112. The van der Waals surface area contributed by atoms with Crippen molar-refractivity contribution in [1.29, 1.82) is 0 Å². The smallest absolute Gasteiger partial charge is 0.320 e. The van der Waals surface area contributed by atoms with E-state index < -0.39 is 5.97 Å². The normalized spacial score (nSPS) is 7.33. The summed E-state index contributed by atoms with van der Waals surface area (Å²) >= 11 is 0. The van der Waals surface area contributed by atoms with Gasteiger partial charge in [-0.3, -0.25) is 4.79 Å². The number of rotatable bonds is 3. The maximum absolute atomic E-state index is 9.52. The zero-order valence-electron chi connectivity index (χ0n) is 7.34. The van der Waals surface area contributed by atoms with Crippen molar-refractivity contribution in [3.63, 3.8) is 0 Å². The Morgan fingerprint density at radius 2 is 1.83 bits per heavy atom. The van der Waals surface area contributed by atoms with Gasteiger partial charge in [0, 0.05) is 0 Å². The van der Waals surface area contributed by atoms with Crippen molar-refractivity contribution in [2.24, 2.45) is 5.92 Å². The van der Waals surface area contributed by atoms with Crippen LogP contribution in [0.25, 0.3) is 0 Å². The molecule has 0 aliphatic rings. The van der Waals surface area contributed by atoms with Crippen molar-refractivity contribution in [2.45, 2.75) is 20.8 Å². The Balaban J connectivity index is -0.000000142. The third-order valence-electron chi connectivity index (χ3n) is 0.312. The molecule has 0 heterocycles. The van der Waals surface area contributed by atoms with Gasteiger partial charge in [-0.1, -0.05) is 20.8 Å². The summed E-state index contributed by atoms with van der Waals surface area (Å²) in [7, 11) is 0. The molecule has 0 fully saturated rings. The van der Waals surface area contributed by atoms with E-state index in [1.807, 2.05) is 5.32 Å². The van der Waals surface area contributed by atoms with Crippen LogP contribution in [0.15, 0.2) is 0 Å². The molecule has 0 saturated heterocycles. The Morgan fingerprint density at radius 3 is 1.92 bits per heavy atom. The van der Waals surface area contributed by atoms with Crippen molar-refractivity contribution >= 4 is 12.4 Å². The molecule has 4 nitrogen and oxygen atoms in total. The zero-order valence-corrected chi connectivity index (χ0v) is 9.74. The van der Waals surface area contributed by atoms with Crippen LogP contribution in [0.4, 0.5) is 0 Å². The van der Waals surface area contributed by atoms with Gasteiger partial charge >= 0.3 is 5.97 Å². The second kappa shape index (κ2) is 11.7. The van der Waals surface area contributed by atoms with Crippen LogP contribution in [0.2, 0.25) is 0 Å². The van der Waals surface area contributed by atoms with Crippen molar-refractivity contribution < 1.29 is 14.7 Å². The standard InChI is InChI=1S/C4H10.C3H4NO3.Fm/c1-4(2)3;5-2-4-1-3(6)7;/h4H,1-3H3;1H2,(H,4,5)(H,6,7);/q;-1;. The van der Waals surface area contributed by atoms with Crippen LogP contribution in [0.3, 0.4) is 0 Å². The van der Waals surface area contributed by atoms with Crippen LogP contribution in [0.5, 0.6) is 0 Å². The fraction of sp³-hybridized carbons (Fsp3) is 0.714. The minimum Gasteiger partial charge on any atom is -0.521 e. The van der Waals surface area contributed by atoms with Gasteiger partial charge in [0.25, 0.3) is 0 Å². The summed E-state index contributed by atoms with van der Waals surface area (Å²) < 4.78 is 0. The molecule has 0 radical (unpaired) electrons. The summed E-state index contributed by atoms with van der Waals surface area (Å²) in [5.74, 6) is -0.233. The molecule has 0 aromatic carbocycles. The van der Waals surface area contributed by atoms with E-state index in [0.717, 1.165) is 5.92 Å². The van der Waals surface area contributed by atoms with Crippen LogP contribution in [0, 0.1) is 5.92 Å². The van der Waals surface area contributed by atoms with Gasteiger partial charge in [0.2, 0.25) is 0 Å². The van der Waals surface area contributed by atoms with E-state index in [1.165, 1.54) is 6.41 Å². The summed E-state index contributed by atoms with van der Waals surface area (Å²) in [6.45, 7) is 6.14. The summed E-state index contributed by atoms with van der Waals surface area (Å²) in [5, 5.41) is 9.65. The molecule has 0 aromatic rings. The second-order valence-electron chi connectivity index (χ2n) is 2.58. The van der Waals surface area contributed by atoms with Crippen LogP contribution < -0.4 is 5.32 Å². The third-order valence-corrected chi connectivity index (χ3v) is 0.312. The molecule has 0 spiro atoms. The summed E-state index contributed by atoms with van der Waals surface area (Å²) in [6, 6.07) is 0. The first-order valence-electron chi connectivity index (χ1n) is 3.32. The molecule has 0 unspecified atom stereocenters. The van der Waals surface area contributed by atoms with E-state index >= 15 is 0 Å². The number of carboxylic acids is 1. The summed E-state index contributed by atoms with van der Waals surface area (Å²) in [4.78, 5) is 18.7. The maximum atomic E-state index is 9.52. The number of carboxylic acid groups (broad SMARTS) is 1. The molecular weight excluding hydrogens is 403 g/mol. The Labute approximate surface area is 66.6 Å². The first-order chi connectivity index (χ1) is 5.00. The SMILES string of the molecule is CC(C)C.O=[C-]NCC(=O)O.[Fm]. The van der Waals surface area contributed by atoms with Crippen molar-refractivity contribution in [2.75, 3.05) is 6.54 Å². The molecule has 0 aliphatic heterocycles. The largest absolute Gasteiger partial charge is 0.521 e. The first-order valence-corrected chi connectivity index (χ1v) is 3.32. The fourth-order valence-corrected chi connectivity index (χ4v) is 0.112. The molecule has 0 rings (SSSR count). The average molecular weight is 417 g/mol. The average Bonchev–Trinajstić information content (AvgIpc) is 1.82. The van der Waals surface area contributed by atoms with E-state index in [2.05, 4.69) is 20.8 Å². The van der Waals surface area contributed by atoms with Crippen molar-refractivity contribution in [3.8, 4) is 0 Å². The van der Waals surface area contributed by atoms with Gasteiger partial charge in [-0.05, 0) is 5.92 Å². The van der Waals surface area contributed by atoms with E-state index in [-0.39, 0.29) is 6.54 Å². The molecule has 5 heteroatoms. The first kappa shape index (κ1) is 16.5. The summed E-state index contributed by atoms with van der Waals surface area (Å²) in [5.41, 5.74) is 0. The van der Waals surface area contributed by atoms with Gasteiger partial charge in [-0.25, -0.2) is 0 Å². The zero-order chi connectivity index (χ0) is 9.28. The summed E-state index contributed by atoms with van der Waals surface area (Å²) in [6.07, 6.45) is 1.22. The van der Waals surface area contributed by atoms with Gasteiger partial charge in [-0.15, -0.1) is 0 Å². The monoisotopic (exact) mass is 417 g/mol. The molecule has 0 atom stereocenters. The van der Waals surface area contributed by atoms with Crippen molar-refractivity contribution in [3.05, 3.63) is 0 Å². The van der Waals surface area contributed by atoms with E-state index in [4.69, 9.17) is 5.11 Å². The molecule has 12 heavy (non-hydrogen) atoms. The van der Waals surface area contributed by atoms with Crippen LogP contribution in [-0.4, -0.2) is 24.0 Å². The maximum Gasteiger partial charge on any atom is 0.320 e. The minimum absolute atomic E-state index is 0. The number of carbonyl (C=O) groups excluding carboxylic acids is 1. The Kier molecular flexibility index (Phi) is 16.1. The van der Waals surface area contributed by atoms with E-state index in [9.17, 15) is 9.59 Å². The van der Waals surface area contributed by atoms with Gasteiger partial charge in [0.1, 0.15) is 0 Å². The predicted molar refractivity (Wildman–Crippen MR) is 41.8 cm³/mol. The van der Waals surface area contributed by atoms with Crippen molar-refractivity contribution in [1.82, 2.24) is 5.32 Å². The Morgan fingerprint density at radius 1 is 1.50 bits per heavy atom. The van der Waals surface area contributed by atoms with E-state index in [0.29, 0.717) is 0 Å². The number of nitrogens with one attached hydrogen (secondary N) is 1. The number of carbonyl (C=O) groups is 1. The Hall–Kier alpha value is -2.06. The molecular formula is C7H14FmNO3-. The molecule has 0 aliphatic carbocycles. The van der Waals surface area contributed by atoms with Gasteiger partial charge in [0.05, 0.1) is 6.54 Å². The molecule has 2 N–H and O–H groups in total. The van der Waals surface area contributed by atoms with Gasteiger partial charge in [-0.2, -0.15) is 6.41 Å². The van der Waals surface area contributed by atoms with E-state index in [1.54, 1.807) is 0 Å². The molecule has 1 amide bonds.